The van der Waals surface area contributed by atoms with Gasteiger partial charge in [-0.25, -0.2) is 18.4 Å². The van der Waals surface area contributed by atoms with Gasteiger partial charge < -0.3 is 10.6 Å². The summed E-state index contributed by atoms with van der Waals surface area (Å²) in [5.74, 6) is 1.10. The van der Waals surface area contributed by atoms with E-state index in [0.29, 0.717) is 31.5 Å². The van der Waals surface area contributed by atoms with Gasteiger partial charge in [-0.1, -0.05) is 13.8 Å². The molecular weight excluding hydrogens is 344 g/mol. The van der Waals surface area contributed by atoms with Gasteiger partial charge in [0.1, 0.15) is 5.01 Å². The zero-order chi connectivity index (χ0) is 18.4. The highest BCUT2D eigenvalue weighted by molar-refractivity contribution is 7.92. The van der Waals surface area contributed by atoms with Gasteiger partial charge in [0.25, 0.3) is 0 Å². The summed E-state index contributed by atoms with van der Waals surface area (Å²) in [4.78, 5) is 9.04. The Balaban J connectivity index is 2.63. The number of rotatable bonds is 7. The summed E-state index contributed by atoms with van der Waals surface area (Å²) in [6, 6.07) is 0. The van der Waals surface area contributed by atoms with Gasteiger partial charge in [-0.05, 0) is 33.6 Å². The Morgan fingerprint density at radius 3 is 2.50 bits per heavy atom. The lowest BCUT2D eigenvalue weighted by atomic mass is 10.2. The summed E-state index contributed by atoms with van der Waals surface area (Å²) in [5, 5.41) is 9.23. The van der Waals surface area contributed by atoms with Crippen LogP contribution in [0.5, 0.6) is 0 Å². The SMILES string of the molecule is CCNC(=NCc1nc(C(C)C)cs1)NCCS(=O)(=O)C(C)(C)C. The Bertz CT molecular complexity index is 643. The van der Waals surface area contributed by atoms with Crippen LogP contribution in [0.3, 0.4) is 0 Å². The topological polar surface area (TPSA) is 83.4 Å². The lowest BCUT2D eigenvalue weighted by Crippen LogP contribution is -2.41. The summed E-state index contributed by atoms with van der Waals surface area (Å²) >= 11 is 1.60. The molecule has 0 radical (unpaired) electrons. The van der Waals surface area contributed by atoms with Crippen molar-refractivity contribution in [1.29, 1.82) is 0 Å². The third-order valence-electron chi connectivity index (χ3n) is 3.47. The van der Waals surface area contributed by atoms with Gasteiger partial charge in [0.15, 0.2) is 15.8 Å². The van der Waals surface area contributed by atoms with Crippen molar-refractivity contribution in [2.24, 2.45) is 4.99 Å². The number of aromatic nitrogens is 1. The van der Waals surface area contributed by atoms with E-state index in [2.05, 4.69) is 39.8 Å². The van der Waals surface area contributed by atoms with Crippen molar-refractivity contribution in [3.8, 4) is 0 Å². The fraction of sp³-hybridized carbons (Fsp3) is 0.750. The predicted octanol–water partition coefficient (Wildman–Crippen LogP) is 2.53. The van der Waals surface area contributed by atoms with E-state index < -0.39 is 14.6 Å². The molecule has 1 aromatic heterocycles. The largest absolute Gasteiger partial charge is 0.357 e. The van der Waals surface area contributed by atoms with Crippen LogP contribution in [-0.4, -0.2) is 43.0 Å². The normalized spacial score (nSPS) is 13.4. The lowest BCUT2D eigenvalue weighted by Gasteiger charge is -2.19. The van der Waals surface area contributed by atoms with Gasteiger partial charge in [-0.3, -0.25) is 0 Å². The van der Waals surface area contributed by atoms with Crippen LogP contribution in [0.1, 0.15) is 58.2 Å². The number of guanidine groups is 1. The average molecular weight is 375 g/mol. The van der Waals surface area contributed by atoms with Crippen LogP contribution in [0.4, 0.5) is 0 Å². The zero-order valence-electron chi connectivity index (χ0n) is 15.5. The molecule has 1 heterocycles. The number of hydrogen-bond donors (Lipinski definition) is 2. The van der Waals surface area contributed by atoms with Crippen LogP contribution in [0.25, 0.3) is 0 Å². The van der Waals surface area contributed by atoms with E-state index in [4.69, 9.17) is 0 Å². The molecular formula is C16H30N4O2S2. The molecule has 0 spiro atoms. The lowest BCUT2D eigenvalue weighted by molar-refractivity contribution is 0.559. The first-order valence-corrected chi connectivity index (χ1v) is 10.8. The third kappa shape index (κ3) is 6.39. The Kier molecular flexibility index (Phi) is 7.66. The number of sulfone groups is 1. The molecule has 1 rings (SSSR count). The van der Waals surface area contributed by atoms with Gasteiger partial charge in [0.05, 0.1) is 22.7 Å². The number of aliphatic imine (C=N–C) groups is 1. The van der Waals surface area contributed by atoms with E-state index in [-0.39, 0.29) is 5.75 Å². The minimum atomic E-state index is -3.14. The van der Waals surface area contributed by atoms with Gasteiger partial charge in [0, 0.05) is 18.5 Å². The number of nitrogens with one attached hydrogen (secondary N) is 2. The summed E-state index contributed by atoms with van der Waals surface area (Å²) in [6.07, 6.45) is 0. The van der Waals surface area contributed by atoms with Crippen molar-refractivity contribution >= 4 is 27.1 Å². The molecule has 0 aliphatic carbocycles. The number of nitrogens with zero attached hydrogens (tertiary/aromatic N) is 2. The van der Waals surface area contributed by atoms with Crippen molar-refractivity contribution in [2.75, 3.05) is 18.8 Å². The molecule has 0 aliphatic rings. The van der Waals surface area contributed by atoms with E-state index in [1.54, 1.807) is 32.1 Å². The molecule has 0 fully saturated rings. The smallest absolute Gasteiger partial charge is 0.191 e. The highest BCUT2D eigenvalue weighted by atomic mass is 32.2. The van der Waals surface area contributed by atoms with Crippen LogP contribution in [0, 0.1) is 0 Å². The second-order valence-corrected chi connectivity index (χ2v) is 10.7. The Labute approximate surface area is 150 Å². The summed E-state index contributed by atoms with van der Waals surface area (Å²) < 4.78 is 23.5. The fourth-order valence-electron chi connectivity index (χ4n) is 1.76. The molecule has 2 N–H and O–H groups in total. The van der Waals surface area contributed by atoms with Crippen molar-refractivity contribution in [3.05, 3.63) is 16.1 Å². The first-order valence-electron chi connectivity index (χ1n) is 8.25. The van der Waals surface area contributed by atoms with Gasteiger partial charge in [-0.15, -0.1) is 11.3 Å². The molecule has 8 heteroatoms. The zero-order valence-corrected chi connectivity index (χ0v) is 17.1. The van der Waals surface area contributed by atoms with Crippen LogP contribution >= 0.6 is 11.3 Å². The molecule has 138 valence electrons. The van der Waals surface area contributed by atoms with Crippen molar-refractivity contribution in [3.63, 3.8) is 0 Å². The summed E-state index contributed by atoms with van der Waals surface area (Å²) in [7, 11) is -3.14. The number of thiazole rings is 1. The highest BCUT2D eigenvalue weighted by Crippen LogP contribution is 2.18. The predicted molar refractivity (Wildman–Crippen MR) is 103 cm³/mol. The molecule has 6 nitrogen and oxygen atoms in total. The molecule has 0 aromatic carbocycles. The molecule has 1 aromatic rings. The molecule has 0 unspecified atom stereocenters. The quantitative estimate of drug-likeness (QED) is 0.566. The van der Waals surface area contributed by atoms with Crippen molar-refractivity contribution < 1.29 is 8.42 Å². The maximum Gasteiger partial charge on any atom is 0.191 e. The molecule has 0 bridgehead atoms. The Hall–Kier alpha value is -1.15. The Morgan fingerprint density at radius 1 is 1.33 bits per heavy atom. The van der Waals surface area contributed by atoms with Crippen LogP contribution in [0.15, 0.2) is 10.4 Å². The summed E-state index contributed by atoms with van der Waals surface area (Å²) in [6.45, 7) is 12.9. The van der Waals surface area contributed by atoms with Crippen LogP contribution in [-0.2, 0) is 16.4 Å². The monoisotopic (exact) mass is 374 g/mol. The minimum Gasteiger partial charge on any atom is -0.357 e. The molecule has 0 amide bonds. The van der Waals surface area contributed by atoms with Gasteiger partial charge in [0.2, 0.25) is 0 Å². The second-order valence-electron chi connectivity index (χ2n) is 6.87. The standard InChI is InChI=1S/C16H30N4O2S2/c1-7-17-15(18-8-9-24(21,22)16(4,5)6)19-10-14-20-13(11-23-14)12(2)3/h11-12H,7-10H2,1-6H3,(H2,17,18,19). The van der Waals surface area contributed by atoms with Crippen LogP contribution in [0.2, 0.25) is 0 Å². The molecule has 0 saturated carbocycles. The molecule has 0 aliphatic heterocycles. The van der Waals surface area contributed by atoms with E-state index in [1.165, 1.54) is 0 Å². The van der Waals surface area contributed by atoms with E-state index >= 15 is 0 Å². The third-order valence-corrected chi connectivity index (χ3v) is 6.93. The highest BCUT2D eigenvalue weighted by Gasteiger charge is 2.28. The Morgan fingerprint density at radius 2 is 2.00 bits per heavy atom. The van der Waals surface area contributed by atoms with E-state index in [9.17, 15) is 8.42 Å². The van der Waals surface area contributed by atoms with Crippen molar-refractivity contribution in [1.82, 2.24) is 15.6 Å². The minimum absolute atomic E-state index is 0.0790. The first-order chi connectivity index (χ1) is 11.1. The fourth-order valence-corrected chi connectivity index (χ4v) is 3.62. The second kappa shape index (κ2) is 8.80. The van der Waals surface area contributed by atoms with Crippen molar-refractivity contribution in [2.45, 2.75) is 58.8 Å². The van der Waals surface area contributed by atoms with E-state index in [0.717, 1.165) is 10.7 Å². The maximum atomic E-state index is 12.1. The van der Waals surface area contributed by atoms with E-state index in [1.807, 2.05) is 6.92 Å². The first kappa shape index (κ1) is 20.9. The maximum absolute atomic E-state index is 12.1. The van der Waals surface area contributed by atoms with Crippen LogP contribution < -0.4 is 10.6 Å². The number of hydrogen-bond acceptors (Lipinski definition) is 5. The summed E-state index contributed by atoms with van der Waals surface area (Å²) in [5.41, 5.74) is 1.08. The average Bonchev–Trinajstić information content (AvgIpc) is 2.92. The van der Waals surface area contributed by atoms with Gasteiger partial charge >= 0.3 is 0 Å². The molecule has 0 atom stereocenters. The van der Waals surface area contributed by atoms with Gasteiger partial charge in [-0.2, -0.15) is 0 Å². The molecule has 0 saturated heterocycles. The molecule has 24 heavy (non-hydrogen) atoms.